The van der Waals surface area contributed by atoms with Crippen LogP contribution in [0.4, 0.5) is 0 Å². The summed E-state index contributed by atoms with van der Waals surface area (Å²) in [6.45, 7) is 6.33. The molecule has 0 N–H and O–H groups in total. The van der Waals surface area contributed by atoms with Gasteiger partial charge in [-0.2, -0.15) is 0 Å². The van der Waals surface area contributed by atoms with Gasteiger partial charge in [0.1, 0.15) is 0 Å². The maximum absolute atomic E-state index is 6.18. The van der Waals surface area contributed by atoms with Gasteiger partial charge in [0.25, 0.3) is 0 Å². The molecule has 0 aromatic carbocycles. The Labute approximate surface area is 84.3 Å². The maximum Gasteiger partial charge on any atom is 0.0526 e. The third-order valence-electron chi connectivity index (χ3n) is 2.65. The van der Waals surface area contributed by atoms with Gasteiger partial charge in [0, 0.05) is 24.2 Å². The lowest BCUT2D eigenvalue weighted by atomic mass is 10.0. The highest BCUT2D eigenvalue weighted by atomic mass is 35.5. The van der Waals surface area contributed by atoms with Gasteiger partial charge in [0.2, 0.25) is 0 Å². The van der Waals surface area contributed by atoms with E-state index >= 15 is 0 Å². The van der Waals surface area contributed by atoms with Gasteiger partial charge in [0.15, 0.2) is 0 Å². The Morgan fingerprint density at radius 3 is 2.67 bits per heavy atom. The van der Waals surface area contributed by atoms with Crippen LogP contribution in [0.25, 0.3) is 0 Å². The van der Waals surface area contributed by atoms with E-state index in [4.69, 9.17) is 23.2 Å². The van der Waals surface area contributed by atoms with Crippen molar-refractivity contribution < 1.29 is 0 Å². The van der Waals surface area contributed by atoms with Crippen molar-refractivity contribution in [1.82, 2.24) is 4.90 Å². The SMILES string of the molecule is CC1(C)C(Cl)CCN1C/C=C/Cl. The zero-order chi connectivity index (χ0) is 9.19. The van der Waals surface area contributed by atoms with Gasteiger partial charge in [-0.3, -0.25) is 4.90 Å². The molecule has 0 amide bonds. The molecule has 0 spiro atoms. The zero-order valence-corrected chi connectivity index (χ0v) is 9.07. The molecule has 1 aliphatic heterocycles. The molecule has 1 unspecified atom stereocenters. The number of likely N-dealkylation sites (tertiary alicyclic amines) is 1. The van der Waals surface area contributed by atoms with Gasteiger partial charge in [-0.25, -0.2) is 0 Å². The molecule has 12 heavy (non-hydrogen) atoms. The Morgan fingerprint density at radius 1 is 1.58 bits per heavy atom. The molecule has 0 aliphatic carbocycles. The number of rotatable bonds is 2. The third kappa shape index (κ3) is 1.95. The summed E-state index contributed by atoms with van der Waals surface area (Å²) in [6.07, 6.45) is 3.03. The summed E-state index contributed by atoms with van der Waals surface area (Å²) in [5, 5.41) is 0.265. The van der Waals surface area contributed by atoms with Crippen LogP contribution in [0.2, 0.25) is 0 Å². The average Bonchev–Trinajstić information content (AvgIpc) is 2.25. The largest absolute Gasteiger partial charge is 0.293 e. The van der Waals surface area contributed by atoms with Crippen molar-refractivity contribution >= 4 is 23.2 Å². The lowest BCUT2D eigenvalue weighted by molar-refractivity contribution is 0.197. The first-order valence-corrected chi connectivity index (χ1v) is 5.10. The van der Waals surface area contributed by atoms with E-state index in [1.54, 1.807) is 5.54 Å². The van der Waals surface area contributed by atoms with Crippen molar-refractivity contribution in [3.8, 4) is 0 Å². The molecule has 1 fully saturated rings. The fourth-order valence-corrected chi connectivity index (χ4v) is 1.92. The van der Waals surface area contributed by atoms with Crippen LogP contribution in [-0.4, -0.2) is 28.9 Å². The van der Waals surface area contributed by atoms with Gasteiger partial charge in [-0.15, -0.1) is 11.6 Å². The summed E-state index contributed by atoms with van der Waals surface area (Å²) in [7, 11) is 0. The Morgan fingerprint density at radius 2 is 2.25 bits per heavy atom. The minimum Gasteiger partial charge on any atom is -0.293 e. The van der Waals surface area contributed by atoms with Crippen molar-refractivity contribution in [2.45, 2.75) is 31.2 Å². The molecule has 0 bridgehead atoms. The lowest BCUT2D eigenvalue weighted by Crippen LogP contribution is -2.43. The van der Waals surface area contributed by atoms with E-state index in [2.05, 4.69) is 18.7 Å². The van der Waals surface area contributed by atoms with Gasteiger partial charge < -0.3 is 0 Å². The minimum atomic E-state index is 0.109. The fraction of sp³-hybridized carbons (Fsp3) is 0.778. The Balaban J connectivity index is 2.55. The monoisotopic (exact) mass is 207 g/mol. The molecule has 1 heterocycles. The van der Waals surface area contributed by atoms with Gasteiger partial charge in [0.05, 0.1) is 5.38 Å². The van der Waals surface area contributed by atoms with Crippen molar-refractivity contribution in [2.24, 2.45) is 0 Å². The van der Waals surface area contributed by atoms with Crippen molar-refractivity contribution in [2.75, 3.05) is 13.1 Å². The molecular weight excluding hydrogens is 193 g/mol. The number of alkyl halides is 1. The Hall–Kier alpha value is 0.280. The van der Waals surface area contributed by atoms with Gasteiger partial charge >= 0.3 is 0 Å². The first kappa shape index (κ1) is 10.4. The third-order valence-corrected chi connectivity index (χ3v) is 3.58. The highest BCUT2D eigenvalue weighted by Gasteiger charge is 2.39. The Kier molecular flexibility index (Phi) is 3.45. The van der Waals surface area contributed by atoms with Crippen LogP contribution in [0.5, 0.6) is 0 Å². The molecule has 0 radical (unpaired) electrons. The molecule has 0 saturated carbocycles. The summed E-state index contributed by atoms with van der Waals surface area (Å²) in [5.41, 5.74) is 1.68. The minimum absolute atomic E-state index is 0.109. The summed E-state index contributed by atoms with van der Waals surface area (Å²) < 4.78 is 0. The molecule has 0 aromatic heterocycles. The first-order valence-electron chi connectivity index (χ1n) is 4.23. The van der Waals surface area contributed by atoms with Crippen LogP contribution < -0.4 is 0 Å². The number of nitrogens with zero attached hydrogens (tertiary/aromatic N) is 1. The summed E-state index contributed by atoms with van der Waals surface area (Å²) in [6, 6.07) is 0. The smallest absolute Gasteiger partial charge is 0.0526 e. The van der Waals surface area contributed by atoms with Crippen molar-refractivity contribution in [3.05, 3.63) is 11.6 Å². The molecule has 1 saturated heterocycles. The van der Waals surface area contributed by atoms with Crippen molar-refractivity contribution in [1.29, 1.82) is 0 Å². The van der Waals surface area contributed by atoms with Crippen LogP contribution >= 0.6 is 23.2 Å². The van der Waals surface area contributed by atoms with Crippen LogP contribution in [0, 0.1) is 0 Å². The number of hydrogen-bond acceptors (Lipinski definition) is 1. The quantitative estimate of drug-likeness (QED) is 0.630. The van der Waals surface area contributed by atoms with E-state index in [1.165, 1.54) is 0 Å². The van der Waals surface area contributed by atoms with Crippen LogP contribution in [-0.2, 0) is 0 Å². The molecule has 70 valence electrons. The Bertz CT molecular complexity index is 177. The van der Waals surface area contributed by atoms with Crippen LogP contribution in [0.1, 0.15) is 20.3 Å². The van der Waals surface area contributed by atoms with E-state index < -0.39 is 0 Å². The van der Waals surface area contributed by atoms with Gasteiger partial charge in [-0.1, -0.05) is 17.7 Å². The second kappa shape index (κ2) is 3.99. The molecular formula is C9H15Cl2N. The highest BCUT2D eigenvalue weighted by molar-refractivity contribution is 6.25. The average molecular weight is 208 g/mol. The van der Waals surface area contributed by atoms with Gasteiger partial charge in [-0.05, 0) is 20.3 Å². The van der Waals surface area contributed by atoms with E-state index in [1.807, 2.05) is 6.08 Å². The predicted molar refractivity (Wildman–Crippen MR) is 54.9 cm³/mol. The molecule has 1 nitrogen and oxygen atoms in total. The standard InChI is InChI=1S/C9H15Cl2N/c1-9(2)8(11)4-7-12(9)6-3-5-10/h3,5,8H,4,6-7H2,1-2H3/b5-3+. The second-order valence-corrected chi connectivity index (χ2v) is 4.50. The number of hydrogen-bond donors (Lipinski definition) is 0. The first-order chi connectivity index (χ1) is 5.59. The normalized spacial score (nSPS) is 30.2. The summed E-state index contributed by atoms with van der Waals surface area (Å²) >= 11 is 11.6. The maximum atomic E-state index is 6.18. The van der Waals surface area contributed by atoms with Crippen LogP contribution in [0.15, 0.2) is 11.6 Å². The van der Waals surface area contributed by atoms with Crippen molar-refractivity contribution in [3.63, 3.8) is 0 Å². The second-order valence-electron chi connectivity index (χ2n) is 3.72. The molecule has 1 atom stereocenters. The van der Waals surface area contributed by atoms with E-state index in [0.717, 1.165) is 19.5 Å². The lowest BCUT2D eigenvalue weighted by Gasteiger charge is -2.32. The highest BCUT2D eigenvalue weighted by Crippen LogP contribution is 2.32. The number of halogens is 2. The fourth-order valence-electron chi connectivity index (χ4n) is 1.60. The van der Waals surface area contributed by atoms with E-state index in [9.17, 15) is 0 Å². The molecule has 1 rings (SSSR count). The molecule has 0 aromatic rings. The van der Waals surface area contributed by atoms with Crippen LogP contribution in [0.3, 0.4) is 0 Å². The summed E-state index contributed by atoms with van der Waals surface area (Å²) in [4.78, 5) is 2.35. The predicted octanol–water partition coefficient (Wildman–Crippen LogP) is 2.83. The zero-order valence-electron chi connectivity index (χ0n) is 7.56. The molecule has 3 heteroatoms. The molecule has 1 aliphatic rings. The van der Waals surface area contributed by atoms with E-state index in [0.29, 0.717) is 0 Å². The topological polar surface area (TPSA) is 3.24 Å². The van der Waals surface area contributed by atoms with E-state index in [-0.39, 0.29) is 10.9 Å². The summed E-state index contributed by atoms with van der Waals surface area (Å²) in [5.74, 6) is 0.